The molecule has 11 nitrogen and oxygen atoms in total. The second-order valence-corrected chi connectivity index (χ2v) is 7.91. The Bertz CT molecular complexity index is 732. The molecule has 0 aromatic heterocycles. The van der Waals surface area contributed by atoms with Gasteiger partial charge in [0.25, 0.3) is 11.8 Å². The maximum atomic E-state index is 12.7. The number of carbonyl (C=O) groups excluding carboxylic acids is 6. The summed E-state index contributed by atoms with van der Waals surface area (Å²) in [5.41, 5.74) is 4.99. The molecule has 1 aliphatic rings. The second-order valence-electron chi connectivity index (χ2n) is 7.91. The number of primary amides is 1. The van der Waals surface area contributed by atoms with E-state index in [0.29, 0.717) is 12.8 Å². The van der Waals surface area contributed by atoms with E-state index in [4.69, 9.17) is 5.73 Å². The number of carbonyl (C=O) groups is 6. The van der Waals surface area contributed by atoms with Crippen LogP contribution in [0, 0.1) is 5.92 Å². The van der Waals surface area contributed by atoms with E-state index in [-0.39, 0.29) is 24.7 Å². The highest BCUT2D eigenvalue weighted by Gasteiger charge is 2.30. The van der Waals surface area contributed by atoms with Crippen LogP contribution in [0.1, 0.15) is 60.3 Å². The van der Waals surface area contributed by atoms with Crippen LogP contribution in [0.3, 0.4) is 0 Å². The Morgan fingerprint density at radius 1 is 1.00 bits per heavy atom. The Morgan fingerprint density at radius 3 is 2.00 bits per heavy atom. The highest BCUT2D eigenvalue weighted by atomic mass is 16.2. The Balaban J connectivity index is 0.00000322. The van der Waals surface area contributed by atoms with E-state index in [1.807, 2.05) is 0 Å². The minimum Gasteiger partial charge on any atom is -0.352 e. The molecule has 0 aromatic rings. The van der Waals surface area contributed by atoms with Gasteiger partial charge in [-0.3, -0.25) is 28.9 Å². The standard InChI is InChI=1S/C19H29N5O6.C3H8/c1-4-13(25)12(6-5-9-21-19(20)30)22-18(29)17(11(2)3)23-14(26)10-24-15(27)7-8-16(24)28;1-3-2/h7-8,11-12,17H,4-6,9-10H2,1-3H3,(H,22,29)(H,23,26)(H3,20,21,30);3H2,1-2H3/t12-,17?;/m1./s1. The van der Waals surface area contributed by atoms with Crippen molar-refractivity contribution in [1.29, 1.82) is 0 Å². The van der Waals surface area contributed by atoms with Crippen molar-refractivity contribution >= 4 is 35.4 Å². The van der Waals surface area contributed by atoms with Gasteiger partial charge in [-0.2, -0.15) is 0 Å². The number of nitrogens with two attached hydrogens (primary N) is 1. The van der Waals surface area contributed by atoms with E-state index in [1.54, 1.807) is 20.8 Å². The SMILES string of the molecule is CCC.CCC(=O)[C@@H](CCCNC(N)=O)NC(=O)C(NC(=O)CN1C(=O)C=CC1=O)C(C)C. The van der Waals surface area contributed by atoms with E-state index >= 15 is 0 Å². The summed E-state index contributed by atoms with van der Waals surface area (Å²) in [6.07, 6.45) is 4.30. The van der Waals surface area contributed by atoms with E-state index < -0.39 is 48.3 Å². The Hall–Kier alpha value is -3.24. The van der Waals surface area contributed by atoms with Crippen LogP contribution in [0.15, 0.2) is 12.2 Å². The summed E-state index contributed by atoms with van der Waals surface area (Å²) in [6.45, 7) is 9.10. The first-order chi connectivity index (χ1) is 15.5. The Labute approximate surface area is 194 Å². The van der Waals surface area contributed by atoms with Gasteiger partial charge in [-0.25, -0.2) is 4.79 Å². The van der Waals surface area contributed by atoms with Crippen LogP contribution in [0.4, 0.5) is 4.79 Å². The number of hydrogen-bond acceptors (Lipinski definition) is 6. The summed E-state index contributed by atoms with van der Waals surface area (Å²) in [6, 6.07) is -2.42. The van der Waals surface area contributed by atoms with E-state index in [9.17, 15) is 28.8 Å². The number of urea groups is 1. The summed E-state index contributed by atoms with van der Waals surface area (Å²) in [7, 11) is 0. The van der Waals surface area contributed by atoms with Crippen molar-refractivity contribution in [3.05, 3.63) is 12.2 Å². The summed E-state index contributed by atoms with van der Waals surface area (Å²) < 4.78 is 0. The average molecular weight is 468 g/mol. The van der Waals surface area contributed by atoms with Crippen LogP contribution in [-0.2, 0) is 24.0 Å². The number of amides is 6. The van der Waals surface area contributed by atoms with E-state index in [2.05, 4.69) is 29.8 Å². The zero-order valence-electron chi connectivity index (χ0n) is 20.1. The molecule has 0 saturated heterocycles. The highest BCUT2D eigenvalue weighted by molar-refractivity contribution is 6.14. The van der Waals surface area contributed by atoms with Gasteiger partial charge in [0.05, 0.1) is 6.04 Å². The maximum absolute atomic E-state index is 12.7. The van der Waals surface area contributed by atoms with Gasteiger partial charge in [0.1, 0.15) is 12.6 Å². The lowest BCUT2D eigenvalue weighted by Gasteiger charge is -2.25. The molecule has 1 unspecified atom stereocenters. The lowest BCUT2D eigenvalue weighted by Crippen LogP contribution is -2.55. The van der Waals surface area contributed by atoms with Gasteiger partial charge in [0.2, 0.25) is 11.8 Å². The fourth-order valence-corrected chi connectivity index (χ4v) is 2.82. The monoisotopic (exact) mass is 467 g/mol. The van der Waals surface area contributed by atoms with Crippen LogP contribution < -0.4 is 21.7 Å². The second kappa shape index (κ2) is 15.5. The molecule has 0 fully saturated rings. The molecule has 0 radical (unpaired) electrons. The summed E-state index contributed by atoms with van der Waals surface area (Å²) >= 11 is 0. The predicted molar refractivity (Wildman–Crippen MR) is 123 cm³/mol. The molecule has 2 atom stereocenters. The van der Waals surface area contributed by atoms with Crippen LogP contribution in [-0.4, -0.2) is 65.5 Å². The van der Waals surface area contributed by atoms with Gasteiger partial charge < -0.3 is 21.7 Å². The number of imide groups is 1. The molecule has 0 bridgehead atoms. The molecule has 0 saturated carbocycles. The number of nitrogens with zero attached hydrogens (tertiary/aromatic N) is 1. The third kappa shape index (κ3) is 11.3. The quantitative estimate of drug-likeness (QED) is 0.239. The highest BCUT2D eigenvalue weighted by Crippen LogP contribution is 2.08. The molecule has 0 spiro atoms. The first-order valence-corrected chi connectivity index (χ1v) is 11.2. The summed E-state index contributed by atoms with van der Waals surface area (Å²) in [4.78, 5) is 71.9. The Morgan fingerprint density at radius 2 is 1.55 bits per heavy atom. The first-order valence-electron chi connectivity index (χ1n) is 11.2. The van der Waals surface area contributed by atoms with Gasteiger partial charge in [-0.05, 0) is 18.8 Å². The fraction of sp³-hybridized carbons (Fsp3) is 0.636. The molecule has 6 amide bonds. The minimum absolute atomic E-state index is 0.185. The average Bonchev–Trinajstić information content (AvgIpc) is 3.05. The van der Waals surface area contributed by atoms with Crippen molar-refractivity contribution < 1.29 is 28.8 Å². The van der Waals surface area contributed by atoms with Crippen LogP contribution in [0.2, 0.25) is 0 Å². The maximum Gasteiger partial charge on any atom is 0.312 e. The molecule has 33 heavy (non-hydrogen) atoms. The topological polar surface area (TPSA) is 168 Å². The van der Waals surface area contributed by atoms with Crippen LogP contribution >= 0.6 is 0 Å². The number of Topliss-reactive ketones (excluding diaryl/α,β-unsaturated/α-hetero) is 1. The lowest BCUT2D eigenvalue weighted by atomic mass is 10.0. The van der Waals surface area contributed by atoms with Crippen molar-refractivity contribution in [2.24, 2.45) is 11.7 Å². The first kappa shape index (κ1) is 29.8. The molecule has 11 heteroatoms. The summed E-state index contributed by atoms with van der Waals surface area (Å²) in [5.74, 6) is -2.91. The molecule has 0 aromatic carbocycles. The lowest BCUT2D eigenvalue weighted by molar-refractivity contribution is -0.141. The van der Waals surface area contributed by atoms with Crippen molar-refractivity contribution in [2.75, 3.05) is 13.1 Å². The molecule has 1 aliphatic heterocycles. The van der Waals surface area contributed by atoms with Gasteiger partial charge >= 0.3 is 6.03 Å². The molecule has 1 heterocycles. The predicted octanol–water partition coefficient (Wildman–Crippen LogP) is 0.381. The fourth-order valence-electron chi connectivity index (χ4n) is 2.82. The van der Waals surface area contributed by atoms with Gasteiger partial charge in [-0.1, -0.05) is 41.0 Å². The van der Waals surface area contributed by atoms with Gasteiger partial charge in [0.15, 0.2) is 5.78 Å². The van der Waals surface area contributed by atoms with Crippen LogP contribution in [0.25, 0.3) is 0 Å². The zero-order valence-corrected chi connectivity index (χ0v) is 20.1. The molecular weight excluding hydrogens is 430 g/mol. The van der Waals surface area contributed by atoms with Crippen molar-refractivity contribution in [1.82, 2.24) is 20.9 Å². The van der Waals surface area contributed by atoms with Crippen molar-refractivity contribution in [2.45, 2.75) is 72.4 Å². The number of rotatable bonds is 12. The molecule has 1 rings (SSSR count). The normalized spacial score (nSPS) is 14.3. The van der Waals surface area contributed by atoms with Gasteiger partial charge in [0, 0.05) is 25.1 Å². The smallest absolute Gasteiger partial charge is 0.312 e. The largest absolute Gasteiger partial charge is 0.352 e. The third-order valence-corrected chi connectivity index (χ3v) is 4.49. The van der Waals surface area contributed by atoms with Gasteiger partial charge in [-0.15, -0.1) is 0 Å². The number of hydrogen-bond donors (Lipinski definition) is 4. The van der Waals surface area contributed by atoms with E-state index in [0.717, 1.165) is 17.1 Å². The zero-order chi connectivity index (χ0) is 25.6. The Kier molecular flexibility index (Phi) is 14.0. The number of nitrogens with one attached hydrogen (secondary N) is 3. The van der Waals surface area contributed by atoms with Crippen molar-refractivity contribution in [3.63, 3.8) is 0 Å². The molecular formula is C22H37N5O6. The molecule has 0 aliphatic carbocycles. The van der Waals surface area contributed by atoms with Crippen LogP contribution in [0.5, 0.6) is 0 Å². The number of ketones is 1. The summed E-state index contributed by atoms with van der Waals surface area (Å²) in [5, 5.41) is 7.58. The third-order valence-electron chi connectivity index (χ3n) is 4.49. The molecule has 5 N–H and O–H groups in total. The van der Waals surface area contributed by atoms with E-state index in [1.165, 1.54) is 6.42 Å². The minimum atomic E-state index is -0.964. The van der Waals surface area contributed by atoms with Crippen molar-refractivity contribution in [3.8, 4) is 0 Å². The molecule has 186 valence electrons.